The molecule has 2 amide bonds. The van der Waals surface area contributed by atoms with Gasteiger partial charge < -0.3 is 14.5 Å². The van der Waals surface area contributed by atoms with Crippen LogP contribution in [0.1, 0.15) is 34.7 Å². The van der Waals surface area contributed by atoms with Crippen molar-refractivity contribution < 1.29 is 18.7 Å². The van der Waals surface area contributed by atoms with Gasteiger partial charge in [0.25, 0.3) is 11.8 Å². The second kappa shape index (κ2) is 10.0. The fourth-order valence-electron chi connectivity index (χ4n) is 3.94. The summed E-state index contributed by atoms with van der Waals surface area (Å²) in [5.41, 5.74) is 2.11. The molecule has 0 aliphatic carbocycles. The molecular weight excluding hydrogens is 423 g/mol. The maximum Gasteiger partial charge on any atom is 0.274 e. The van der Waals surface area contributed by atoms with Gasteiger partial charge in [0.05, 0.1) is 29.9 Å². The largest absolute Gasteiger partial charge is 0.373 e. The summed E-state index contributed by atoms with van der Waals surface area (Å²) in [5.74, 6) is -0.537. The normalized spacial score (nSPS) is 16.2. The molecule has 1 saturated heterocycles. The molecular formula is C25H27FN4O3. The number of fused-ring (bicyclic) bond motifs is 1. The smallest absolute Gasteiger partial charge is 0.274 e. The minimum absolute atomic E-state index is 0.184. The number of halogens is 1. The van der Waals surface area contributed by atoms with Crippen LogP contribution in [0.3, 0.4) is 0 Å². The fraction of sp³-hybridized carbons (Fsp3) is 0.360. The van der Waals surface area contributed by atoms with Crippen LogP contribution in [0.5, 0.6) is 0 Å². The average molecular weight is 451 g/mol. The number of morpholine rings is 1. The zero-order valence-corrected chi connectivity index (χ0v) is 18.8. The van der Waals surface area contributed by atoms with Crippen LogP contribution < -0.4 is 0 Å². The number of para-hydroxylation sites is 2. The molecule has 33 heavy (non-hydrogen) atoms. The Labute approximate surface area is 192 Å². The minimum Gasteiger partial charge on any atom is -0.373 e. The first kappa shape index (κ1) is 22.8. The monoisotopic (exact) mass is 450 g/mol. The summed E-state index contributed by atoms with van der Waals surface area (Å²) in [7, 11) is 0. The molecule has 4 rings (SSSR count). The van der Waals surface area contributed by atoms with E-state index in [1.807, 2.05) is 38.1 Å². The van der Waals surface area contributed by atoms with Crippen LogP contribution in [-0.2, 0) is 4.74 Å². The van der Waals surface area contributed by atoms with E-state index in [9.17, 15) is 14.0 Å². The maximum atomic E-state index is 13.3. The number of aromatic nitrogens is 2. The minimum atomic E-state index is -0.386. The molecule has 1 aliphatic heterocycles. The van der Waals surface area contributed by atoms with E-state index in [4.69, 9.17) is 4.74 Å². The maximum absolute atomic E-state index is 13.3. The van der Waals surface area contributed by atoms with Crippen LogP contribution in [-0.4, -0.2) is 70.5 Å². The molecule has 1 atom stereocenters. The third-order valence-corrected chi connectivity index (χ3v) is 5.48. The fourth-order valence-corrected chi connectivity index (χ4v) is 3.94. The lowest BCUT2D eigenvalue weighted by molar-refractivity contribution is -0.0341. The van der Waals surface area contributed by atoms with Gasteiger partial charge >= 0.3 is 0 Å². The van der Waals surface area contributed by atoms with Crippen molar-refractivity contribution in [1.82, 2.24) is 19.8 Å². The van der Waals surface area contributed by atoms with Crippen molar-refractivity contribution >= 4 is 22.8 Å². The molecule has 8 heteroatoms. The van der Waals surface area contributed by atoms with E-state index >= 15 is 0 Å². The van der Waals surface area contributed by atoms with Gasteiger partial charge in [-0.1, -0.05) is 26.0 Å². The van der Waals surface area contributed by atoms with Crippen molar-refractivity contribution in [2.24, 2.45) is 5.92 Å². The van der Waals surface area contributed by atoms with E-state index < -0.39 is 0 Å². The number of rotatable bonds is 6. The van der Waals surface area contributed by atoms with Gasteiger partial charge in [-0.25, -0.2) is 9.37 Å². The molecule has 0 bridgehead atoms. The van der Waals surface area contributed by atoms with E-state index in [0.717, 1.165) is 5.52 Å². The van der Waals surface area contributed by atoms with Crippen molar-refractivity contribution in [2.75, 3.05) is 32.8 Å². The van der Waals surface area contributed by atoms with Gasteiger partial charge in [-0.15, -0.1) is 0 Å². The number of hydrogen-bond acceptors (Lipinski definition) is 5. The van der Waals surface area contributed by atoms with Crippen LogP contribution in [0.2, 0.25) is 0 Å². The van der Waals surface area contributed by atoms with E-state index in [1.165, 1.54) is 30.5 Å². The van der Waals surface area contributed by atoms with Crippen molar-refractivity contribution in [3.05, 3.63) is 71.8 Å². The molecule has 0 radical (unpaired) electrons. The van der Waals surface area contributed by atoms with Gasteiger partial charge in [0.1, 0.15) is 11.5 Å². The highest BCUT2D eigenvalue weighted by atomic mass is 19.1. The third kappa shape index (κ3) is 5.51. The Bertz CT molecular complexity index is 1140. The van der Waals surface area contributed by atoms with Crippen LogP contribution in [0.25, 0.3) is 11.0 Å². The van der Waals surface area contributed by atoms with E-state index in [2.05, 4.69) is 9.97 Å². The summed E-state index contributed by atoms with van der Waals surface area (Å²) in [6.45, 7) is 6.08. The molecule has 3 aromatic rings. The summed E-state index contributed by atoms with van der Waals surface area (Å²) < 4.78 is 19.2. The number of hydrogen-bond donors (Lipinski definition) is 0. The molecule has 7 nitrogen and oxygen atoms in total. The number of amides is 2. The molecule has 2 heterocycles. The second-order valence-corrected chi connectivity index (χ2v) is 8.60. The van der Waals surface area contributed by atoms with Crippen LogP contribution in [0.15, 0.2) is 54.7 Å². The quantitative estimate of drug-likeness (QED) is 0.575. The molecule has 1 aliphatic rings. The summed E-state index contributed by atoms with van der Waals surface area (Å²) in [4.78, 5) is 38.4. The zero-order chi connectivity index (χ0) is 23.4. The van der Waals surface area contributed by atoms with Crippen LogP contribution >= 0.6 is 0 Å². The Hall–Kier alpha value is -3.39. The lowest BCUT2D eigenvalue weighted by Gasteiger charge is -2.36. The molecule has 1 fully saturated rings. The van der Waals surface area contributed by atoms with Crippen molar-refractivity contribution in [2.45, 2.75) is 20.0 Å². The van der Waals surface area contributed by atoms with E-state index in [-0.39, 0.29) is 35.3 Å². The standard InChI is InChI=1S/C25H27FN4O3/c1-17(2)14-30(24(31)18-7-9-19(26)10-8-18)16-20-15-29(11-12-33-20)25(32)23-13-27-21-5-3-4-6-22(21)28-23/h3-10,13,17,20H,11-12,14-16H2,1-2H3/t20-/m1/s1. The number of carbonyl (C=O) groups excluding carboxylic acids is 2. The summed E-state index contributed by atoms with van der Waals surface area (Å²) in [6.07, 6.45) is 1.16. The van der Waals surface area contributed by atoms with Gasteiger partial charge in [-0.2, -0.15) is 0 Å². The average Bonchev–Trinajstić information content (AvgIpc) is 2.83. The molecule has 0 saturated carbocycles. The highest BCUT2D eigenvalue weighted by Gasteiger charge is 2.29. The Balaban J connectivity index is 1.46. The Kier molecular flexibility index (Phi) is 6.93. The highest BCUT2D eigenvalue weighted by molar-refractivity contribution is 5.95. The van der Waals surface area contributed by atoms with Gasteiger partial charge in [-0.3, -0.25) is 14.6 Å². The first-order chi connectivity index (χ1) is 15.9. The second-order valence-electron chi connectivity index (χ2n) is 8.60. The van der Waals surface area contributed by atoms with Crippen molar-refractivity contribution in [3.63, 3.8) is 0 Å². The van der Waals surface area contributed by atoms with Gasteiger partial charge in [-0.05, 0) is 42.3 Å². The lowest BCUT2D eigenvalue weighted by atomic mass is 10.1. The molecule has 2 aromatic carbocycles. The molecule has 0 unspecified atom stereocenters. The Morgan fingerprint density at radius 3 is 2.61 bits per heavy atom. The van der Waals surface area contributed by atoms with Crippen molar-refractivity contribution in [1.29, 1.82) is 0 Å². The Morgan fingerprint density at radius 1 is 1.15 bits per heavy atom. The summed E-state index contributed by atoms with van der Waals surface area (Å²) in [5, 5.41) is 0. The summed E-state index contributed by atoms with van der Waals surface area (Å²) >= 11 is 0. The number of nitrogens with zero attached hydrogens (tertiary/aromatic N) is 4. The van der Waals surface area contributed by atoms with Gasteiger partial charge in [0.2, 0.25) is 0 Å². The zero-order valence-electron chi connectivity index (χ0n) is 18.8. The van der Waals surface area contributed by atoms with Gasteiger partial charge in [0, 0.05) is 31.7 Å². The first-order valence-corrected chi connectivity index (χ1v) is 11.1. The van der Waals surface area contributed by atoms with Gasteiger partial charge in [0.15, 0.2) is 0 Å². The van der Waals surface area contributed by atoms with E-state index in [0.29, 0.717) is 43.9 Å². The van der Waals surface area contributed by atoms with Crippen LogP contribution in [0, 0.1) is 11.7 Å². The number of benzene rings is 2. The highest BCUT2D eigenvalue weighted by Crippen LogP contribution is 2.16. The SMILES string of the molecule is CC(C)CN(C[C@H]1CN(C(=O)c2cnc3ccccc3n2)CCO1)C(=O)c1ccc(F)cc1. The first-order valence-electron chi connectivity index (χ1n) is 11.1. The molecule has 1 aromatic heterocycles. The topological polar surface area (TPSA) is 75.6 Å². The van der Waals surface area contributed by atoms with E-state index in [1.54, 1.807) is 9.80 Å². The van der Waals surface area contributed by atoms with Crippen LogP contribution in [0.4, 0.5) is 4.39 Å². The molecule has 0 spiro atoms. The predicted molar refractivity (Wildman–Crippen MR) is 122 cm³/mol. The number of carbonyl (C=O) groups is 2. The number of ether oxygens (including phenoxy) is 1. The lowest BCUT2D eigenvalue weighted by Crippen LogP contribution is -2.51. The summed E-state index contributed by atoms with van der Waals surface area (Å²) in [6, 6.07) is 12.9. The Morgan fingerprint density at radius 2 is 1.88 bits per heavy atom. The van der Waals surface area contributed by atoms with Crippen molar-refractivity contribution in [3.8, 4) is 0 Å². The molecule has 0 N–H and O–H groups in total. The molecule has 172 valence electrons. The third-order valence-electron chi connectivity index (χ3n) is 5.48. The predicted octanol–water partition coefficient (Wildman–Crippen LogP) is 3.41.